The second-order valence-electron chi connectivity index (χ2n) is 7.12. The normalized spacial score (nSPS) is 19.6. The highest BCUT2D eigenvalue weighted by atomic mass is 16.5. The van der Waals surface area contributed by atoms with Gasteiger partial charge in [0.05, 0.1) is 6.61 Å². The number of ether oxygens (including phenoxy) is 1. The van der Waals surface area contributed by atoms with E-state index in [1.165, 1.54) is 31.2 Å². The number of hydrogen-bond donors (Lipinski definition) is 0. The molecule has 1 aliphatic heterocycles. The lowest BCUT2D eigenvalue weighted by atomic mass is 10.1. The highest BCUT2D eigenvalue weighted by molar-refractivity contribution is 5.76. The fraction of sp³-hybridized carbons (Fsp3) is 0.650. The molecule has 0 radical (unpaired) electrons. The summed E-state index contributed by atoms with van der Waals surface area (Å²) in [6.07, 6.45) is 6.84. The van der Waals surface area contributed by atoms with Crippen LogP contribution >= 0.6 is 0 Å². The number of aryl methyl sites for hydroxylation is 1. The van der Waals surface area contributed by atoms with Crippen molar-refractivity contribution >= 4 is 5.91 Å². The van der Waals surface area contributed by atoms with E-state index in [1.807, 2.05) is 23.1 Å². The van der Waals surface area contributed by atoms with Crippen LogP contribution in [0.1, 0.15) is 44.1 Å². The van der Waals surface area contributed by atoms with Crippen LogP contribution in [0.3, 0.4) is 0 Å². The number of amides is 1. The summed E-state index contributed by atoms with van der Waals surface area (Å²) in [6, 6.07) is 8.84. The molecule has 2 fully saturated rings. The number of carbonyl (C=O) groups is 1. The van der Waals surface area contributed by atoms with Crippen molar-refractivity contribution in [2.75, 3.05) is 32.8 Å². The minimum Gasteiger partial charge on any atom is -0.494 e. The molecular weight excluding hydrogens is 300 g/mol. The van der Waals surface area contributed by atoms with Gasteiger partial charge in [0.15, 0.2) is 0 Å². The maximum absolute atomic E-state index is 12.3. The van der Waals surface area contributed by atoms with Gasteiger partial charge in [-0.3, -0.25) is 9.69 Å². The Bertz CT molecular complexity index is 532. The van der Waals surface area contributed by atoms with Crippen LogP contribution in [0, 0.1) is 6.92 Å². The van der Waals surface area contributed by atoms with Crippen molar-refractivity contribution in [3.63, 3.8) is 0 Å². The minimum absolute atomic E-state index is 0.286. The molecule has 1 aliphatic carbocycles. The molecule has 2 aliphatic rings. The Kier molecular flexibility index (Phi) is 6.13. The average Bonchev–Trinajstić information content (AvgIpc) is 3.13. The summed E-state index contributed by atoms with van der Waals surface area (Å²) in [5.41, 5.74) is 1.20. The standard InChI is InChI=1S/C20H30N2O2/c1-17-6-4-9-19(16-17)24-15-5-10-20(23)22-13-11-21(12-14-22)18-7-2-3-8-18/h4,6,9,16,18H,2-3,5,7-8,10-15H2,1H3. The first-order valence-electron chi connectivity index (χ1n) is 9.44. The zero-order chi connectivity index (χ0) is 16.8. The smallest absolute Gasteiger partial charge is 0.222 e. The quantitative estimate of drug-likeness (QED) is 0.751. The second-order valence-corrected chi connectivity index (χ2v) is 7.12. The van der Waals surface area contributed by atoms with Crippen molar-refractivity contribution in [2.45, 2.75) is 51.5 Å². The monoisotopic (exact) mass is 330 g/mol. The Labute approximate surface area is 145 Å². The third-order valence-corrected chi connectivity index (χ3v) is 5.30. The fourth-order valence-corrected chi connectivity index (χ4v) is 3.88. The Hall–Kier alpha value is -1.55. The zero-order valence-corrected chi connectivity index (χ0v) is 14.9. The van der Waals surface area contributed by atoms with Crippen molar-refractivity contribution in [3.05, 3.63) is 29.8 Å². The number of carbonyl (C=O) groups excluding carboxylic acids is 1. The third-order valence-electron chi connectivity index (χ3n) is 5.30. The number of hydrogen-bond acceptors (Lipinski definition) is 3. The molecule has 0 unspecified atom stereocenters. The summed E-state index contributed by atoms with van der Waals surface area (Å²) in [4.78, 5) is 17.0. The molecule has 1 aromatic carbocycles. The molecule has 24 heavy (non-hydrogen) atoms. The van der Waals surface area contributed by atoms with E-state index in [1.54, 1.807) is 0 Å². The Morgan fingerprint density at radius 1 is 1.17 bits per heavy atom. The van der Waals surface area contributed by atoms with Gasteiger partial charge in [-0.25, -0.2) is 0 Å². The van der Waals surface area contributed by atoms with Gasteiger partial charge < -0.3 is 9.64 Å². The average molecular weight is 330 g/mol. The Morgan fingerprint density at radius 2 is 1.92 bits per heavy atom. The van der Waals surface area contributed by atoms with Gasteiger partial charge in [-0.15, -0.1) is 0 Å². The largest absolute Gasteiger partial charge is 0.494 e. The number of benzene rings is 1. The first-order chi connectivity index (χ1) is 11.7. The lowest BCUT2D eigenvalue weighted by molar-refractivity contribution is -0.133. The fourth-order valence-electron chi connectivity index (χ4n) is 3.88. The highest BCUT2D eigenvalue weighted by Gasteiger charge is 2.27. The van der Waals surface area contributed by atoms with Gasteiger partial charge in [-0.1, -0.05) is 25.0 Å². The SMILES string of the molecule is Cc1cccc(OCCCC(=O)N2CCN(C3CCCC3)CC2)c1. The molecule has 1 amide bonds. The molecule has 4 heteroatoms. The van der Waals surface area contributed by atoms with Crippen molar-refractivity contribution in [3.8, 4) is 5.75 Å². The van der Waals surface area contributed by atoms with Crippen LogP contribution in [0.5, 0.6) is 5.75 Å². The van der Waals surface area contributed by atoms with E-state index < -0.39 is 0 Å². The topological polar surface area (TPSA) is 32.8 Å². The van der Waals surface area contributed by atoms with Crippen LogP contribution in [-0.2, 0) is 4.79 Å². The molecule has 0 aromatic heterocycles. The van der Waals surface area contributed by atoms with Crippen LogP contribution < -0.4 is 4.74 Å². The summed E-state index contributed by atoms with van der Waals surface area (Å²) in [5, 5.41) is 0. The van der Waals surface area contributed by atoms with Crippen molar-refractivity contribution in [1.82, 2.24) is 9.80 Å². The molecule has 0 atom stereocenters. The summed E-state index contributed by atoms with van der Waals surface area (Å²) in [7, 11) is 0. The highest BCUT2D eigenvalue weighted by Crippen LogP contribution is 2.24. The van der Waals surface area contributed by atoms with Gasteiger partial charge >= 0.3 is 0 Å². The van der Waals surface area contributed by atoms with E-state index in [2.05, 4.69) is 17.9 Å². The summed E-state index contributed by atoms with van der Waals surface area (Å²) < 4.78 is 5.73. The molecule has 4 nitrogen and oxygen atoms in total. The zero-order valence-electron chi connectivity index (χ0n) is 14.9. The van der Waals surface area contributed by atoms with Gasteiger partial charge in [-0.05, 0) is 43.9 Å². The predicted molar refractivity (Wildman–Crippen MR) is 96.3 cm³/mol. The van der Waals surface area contributed by atoms with Crippen molar-refractivity contribution in [1.29, 1.82) is 0 Å². The molecule has 3 rings (SSSR count). The lowest BCUT2D eigenvalue weighted by Crippen LogP contribution is -2.51. The summed E-state index contributed by atoms with van der Waals surface area (Å²) in [5.74, 6) is 1.18. The molecule has 0 N–H and O–H groups in total. The van der Waals surface area contributed by atoms with Crippen LogP contribution in [0.2, 0.25) is 0 Å². The number of nitrogens with zero attached hydrogens (tertiary/aromatic N) is 2. The van der Waals surface area contributed by atoms with E-state index in [4.69, 9.17) is 4.74 Å². The van der Waals surface area contributed by atoms with Crippen LogP contribution in [0.25, 0.3) is 0 Å². The van der Waals surface area contributed by atoms with Crippen LogP contribution in [-0.4, -0.2) is 54.5 Å². The van der Waals surface area contributed by atoms with Gasteiger partial charge in [0.2, 0.25) is 5.91 Å². The second kappa shape index (κ2) is 8.52. The summed E-state index contributed by atoms with van der Waals surface area (Å²) >= 11 is 0. The minimum atomic E-state index is 0.286. The van der Waals surface area contributed by atoms with Gasteiger partial charge in [0.1, 0.15) is 5.75 Å². The maximum atomic E-state index is 12.3. The molecule has 1 heterocycles. The van der Waals surface area contributed by atoms with Crippen LogP contribution in [0.15, 0.2) is 24.3 Å². The van der Waals surface area contributed by atoms with Gasteiger partial charge in [0.25, 0.3) is 0 Å². The van der Waals surface area contributed by atoms with Crippen molar-refractivity contribution < 1.29 is 9.53 Å². The Morgan fingerprint density at radius 3 is 2.62 bits per heavy atom. The first-order valence-corrected chi connectivity index (χ1v) is 9.44. The maximum Gasteiger partial charge on any atom is 0.222 e. The Balaban J connectivity index is 1.32. The predicted octanol–water partition coefficient (Wildman–Crippen LogP) is 3.24. The number of rotatable bonds is 6. The molecule has 0 bridgehead atoms. The third kappa shape index (κ3) is 4.73. The van der Waals surface area contributed by atoms with Gasteiger partial charge in [0, 0.05) is 38.6 Å². The molecular formula is C20H30N2O2. The summed E-state index contributed by atoms with van der Waals surface area (Å²) in [6.45, 7) is 6.56. The van der Waals surface area contributed by atoms with Crippen molar-refractivity contribution in [2.24, 2.45) is 0 Å². The van der Waals surface area contributed by atoms with E-state index in [9.17, 15) is 4.79 Å². The molecule has 1 aromatic rings. The van der Waals surface area contributed by atoms with E-state index >= 15 is 0 Å². The first kappa shape index (κ1) is 17.3. The van der Waals surface area contributed by atoms with E-state index in [-0.39, 0.29) is 5.91 Å². The molecule has 1 saturated carbocycles. The molecule has 1 saturated heterocycles. The lowest BCUT2D eigenvalue weighted by Gasteiger charge is -2.38. The van der Waals surface area contributed by atoms with Gasteiger partial charge in [-0.2, -0.15) is 0 Å². The number of piperazine rings is 1. The molecule has 0 spiro atoms. The van der Waals surface area contributed by atoms with Crippen LogP contribution in [0.4, 0.5) is 0 Å². The molecule has 132 valence electrons. The van der Waals surface area contributed by atoms with E-state index in [0.717, 1.165) is 44.4 Å². The van der Waals surface area contributed by atoms with E-state index in [0.29, 0.717) is 13.0 Å².